The van der Waals surface area contributed by atoms with Crippen molar-refractivity contribution in [1.29, 1.82) is 0 Å². The van der Waals surface area contributed by atoms with Crippen molar-refractivity contribution < 1.29 is 13.9 Å². The topological polar surface area (TPSA) is 86.5 Å². The fourth-order valence-corrected chi connectivity index (χ4v) is 4.75. The number of ether oxygens (including phenoxy) is 2. The number of hydrazone groups is 1. The summed E-state index contributed by atoms with van der Waals surface area (Å²) in [6.07, 6.45) is 3.73. The Morgan fingerprint density at radius 1 is 1.11 bits per heavy atom. The minimum absolute atomic E-state index is 0.0679. The number of anilines is 1. The third-order valence-electron chi connectivity index (χ3n) is 6.07. The molecule has 0 aliphatic rings. The monoisotopic (exact) mass is 576 g/mol. The molecule has 2 heterocycles. The van der Waals surface area contributed by atoms with Crippen LogP contribution in [0.3, 0.4) is 0 Å². The zero-order chi connectivity index (χ0) is 26.5. The number of hydrogen-bond acceptors (Lipinski definition) is 7. The highest BCUT2D eigenvalue weighted by molar-refractivity contribution is 9.10. The number of benzene rings is 3. The maximum atomic E-state index is 14.0. The quantitative estimate of drug-likeness (QED) is 0.147. The van der Waals surface area contributed by atoms with Crippen molar-refractivity contribution >= 4 is 50.2 Å². The molecule has 0 spiro atoms. The number of nitrogens with one attached hydrogen (secondary N) is 1. The van der Waals surface area contributed by atoms with Gasteiger partial charge in [-0.2, -0.15) is 10.1 Å². The lowest BCUT2D eigenvalue weighted by Gasteiger charge is -2.14. The molecule has 0 unspecified atom stereocenters. The van der Waals surface area contributed by atoms with E-state index in [1.165, 1.54) is 6.07 Å². The Morgan fingerprint density at radius 2 is 1.92 bits per heavy atom. The summed E-state index contributed by atoms with van der Waals surface area (Å²) in [6.45, 7) is 3.08. The number of nitrogens with zero attached hydrogens (tertiary/aromatic N) is 5. The number of unbranched alkanes of at least 4 members (excludes halogenated alkanes) is 1. The van der Waals surface area contributed by atoms with E-state index in [9.17, 15) is 4.39 Å². The summed E-state index contributed by atoms with van der Waals surface area (Å²) >= 11 is 3.52. The van der Waals surface area contributed by atoms with Gasteiger partial charge in [-0.3, -0.25) is 0 Å². The molecule has 5 aromatic rings. The normalized spacial score (nSPS) is 11.5. The Balaban J connectivity index is 1.35. The van der Waals surface area contributed by atoms with Crippen LogP contribution < -0.4 is 14.9 Å². The Morgan fingerprint density at radius 3 is 2.74 bits per heavy atom. The van der Waals surface area contributed by atoms with Crippen LogP contribution in [0, 0.1) is 5.82 Å². The van der Waals surface area contributed by atoms with Gasteiger partial charge in [0.1, 0.15) is 17.9 Å². The number of methoxy groups -OCH3 is 1. The molecule has 0 saturated carbocycles. The fraction of sp³-hybridized carbons (Fsp3) is 0.214. The Hall–Kier alpha value is -4.05. The van der Waals surface area contributed by atoms with Crippen LogP contribution in [0.5, 0.6) is 11.5 Å². The molecule has 1 N–H and O–H groups in total. The summed E-state index contributed by atoms with van der Waals surface area (Å²) in [5.41, 5.74) is 6.71. The molecule has 0 saturated heterocycles. The summed E-state index contributed by atoms with van der Waals surface area (Å²) in [5, 5.41) is 14.0. The van der Waals surface area contributed by atoms with Crippen molar-refractivity contribution in [3.8, 4) is 11.5 Å². The van der Waals surface area contributed by atoms with E-state index >= 15 is 0 Å². The molecule has 0 radical (unpaired) electrons. The third-order valence-corrected chi connectivity index (χ3v) is 6.66. The van der Waals surface area contributed by atoms with Crippen LogP contribution in [0.25, 0.3) is 22.1 Å². The summed E-state index contributed by atoms with van der Waals surface area (Å²) < 4.78 is 28.2. The summed E-state index contributed by atoms with van der Waals surface area (Å²) in [7, 11) is 1.54. The molecule has 2 aromatic heterocycles. The van der Waals surface area contributed by atoms with Crippen LogP contribution in [0.4, 0.5) is 10.3 Å². The Kier molecular flexibility index (Phi) is 7.78. The molecule has 38 heavy (non-hydrogen) atoms. The fourth-order valence-electron chi connectivity index (χ4n) is 4.18. The Labute approximate surface area is 227 Å². The minimum Gasteiger partial charge on any atom is -0.493 e. The van der Waals surface area contributed by atoms with Gasteiger partial charge < -0.3 is 14.0 Å². The van der Waals surface area contributed by atoms with E-state index in [1.807, 2.05) is 24.3 Å². The van der Waals surface area contributed by atoms with Gasteiger partial charge in [-0.25, -0.2) is 9.82 Å². The van der Waals surface area contributed by atoms with E-state index in [0.717, 1.165) is 47.0 Å². The summed E-state index contributed by atoms with van der Waals surface area (Å²) in [5.74, 6) is 0.930. The zero-order valence-corrected chi connectivity index (χ0v) is 22.6. The lowest BCUT2D eigenvalue weighted by molar-refractivity contribution is 0.278. The van der Waals surface area contributed by atoms with Crippen LogP contribution in [0.1, 0.15) is 30.9 Å². The first kappa shape index (κ1) is 25.6. The number of hydrogen-bond donors (Lipinski definition) is 1. The first-order valence-corrected chi connectivity index (χ1v) is 13.0. The molecule has 0 aliphatic heterocycles. The van der Waals surface area contributed by atoms with E-state index in [2.05, 4.69) is 54.2 Å². The highest BCUT2D eigenvalue weighted by Gasteiger charge is 2.15. The van der Waals surface area contributed by atoms with E-state index in [-0.39, 0.29) is 12.4 Å². The SMILES string of the molecule is CCCCn1c2ccccc2c2nnc(N/N=C/c3cc(Br)c(OCc4ccccc4F)c(OC)c3)nc21. The second-order valence-corrected chi connectivity index (χ2v) is 9.47. The highest BCUT2D eigenvalue weighted by atomic mass is 79.9. The molecule has 0 amide bonds. The average molecular weight is 577 g/mol. The summed E-state index contributed by atoms with van der Waals surface area (Å²) in [4.78, 5) is 4.70. The van der Waals surface area contributed by atoms with Gasteiger partial charge in [0.15, 0.2) is 17.1 Å². The smallest absolute Gasteiger partial charge is 0.265 e. The number of rotatable bonds is 10. The number of halogens is 2. The van der Waals surface area contributed by atoms with E-state index < -0.39 is 0 Å². The van der Waals surface area contributed by atoms with Gasteiger partial charge in [-0.05, 0) is 52.2 Å². The van der Waals surface area contributed by atoms with E-state index in [0.29, 0.717) is 27.5 Å². The van der Waals surface area contributed by atoms with Crippen LogP contribution in [-0.2, 0) is 13.2 Å². The molecule has 10 heteroatoms. The third kappa shape index (κ3) is 5.31. The van der Waals surface area contributed by atoms with Crippen LogP contribution in [0.15, 0.2) is 70.2 Å². The van der Waals surface area contributed by atoms with E-state index in [4.69, 9.17) is 14.5 Å². The second-order valence-electron chi connectivity index (χ2n) is 8.61. The Bertz CT molecular complexity index is 1620. The number of aryl methyl sites for hydroxylation is 1. The number of para-hydroxylation sites is 1. The minimum atomic E-state index is -0.321. The highest BCUT2D eigenvalue weighted by Crippen LogP contribution is 2.37. The lowest BCUT2D eigenvalue weighted by Crippen LogP contribution is -2.03. The maximum Gasteiger partial charge on any atom is 0.265 e. The predicted molar refractivity (Wildman–Crippen MR) is 150 cm³/mol. The van der Waals surface area contributed by atoms with Crippen LogP contribution >= 0.6 is 15.9 Å². The molecule has 8 nitrogen and oxygen atoms in total. The molecule has 5 rings (SSSR count). The maximum absolute atomic E-state index is 14.0. The van der Waals surface area contributed by atoms with E-state index in [1.54, 1.807) is 37.6 Å². The number of fused-ring (bicyclic) bond motifs is 3. The van der Waals surface area contributed by atoms with Gasteiger partial charge in [-0.1, -0.05) is 49.7 Å². The van der Waals surface area contributed by atoms with Crippen molar-refractivity contribution in [2.45, 2.75) is 32.9 Å². The summed E-state index contributed by atoms with van der Waals surface area (Å²) in [6, 6.07) is 18.2. The molecular formula is C28H26BrFN6O2. The first-order valence-electron chi connectivity index (χ1n) is 12.2. The molecule has 0 atom stereocenters. The van der Waals surface area contributed by atoms with Crippen LogP contribution in [-0.4, -0.2) is 33.1 Å². The second kappa shape index (κ2) is 11.6. The molecular weight excluding hydrogens is 551 g/mol. The van der Waals surface area contributed by atoms with Gasteiger partial charge in [-0.15, -0.1) is 10.2 Å². The van der Waals surface area contributed by atoms with Gasteiger partial charge in [0.2, 0.25) is 0 Å². The van der Waals surface area contributed by atoms with Crippen molar-refractivity contribution in [3.63, 3.8) is 0 Å². The largest absolute Gasteiger partial charge is 0.493 e. The molecule has 194 valence electrons. The van der Waals surface area contributed by atoms with Crippen LogP contribution in [0.2, 0.25) is 0 Å². The van der Waals surface area contributed by atoms with Gasteiger partial charge in [0.05, 0.1) is 23.3 Å². The van der Waals surface area contributed by atoms with Crippen molar-refractivity contribution in [2.24, 2.45) is 5.10 Å². The predicted octanol–water partition coefficient (Wildman–Crippen LogP) is 6.71. The van der Waals surface area contributed by atoms with Crippen molar-refractivity contribution in [3.05, 3.63) is 82.1 Å². The lowest BCUT2D eigenvalue weighted by atomic mass is 10.2. The first-order chi connectivity index (χ1) is 18.6. The van der Waals surface area contributed by atoms with Crippen molar-refractivity contribution in [2.75, 3.05) is 12.5 Å². The number of aromatic nitrogens is 4. The average Bonchev–Trinajstić information content (AvgIpc) is 3.24. The van der Waals surface area contributed by atoms with Crippen molar-refractivity contribution in [1.82, 2.24) is 19.7 Å². The van der Waals surface area contributed by atoms with Gasteiger partial charge in [0.25, 0.3) is 5.95 Å². The molecule has 3 aromatic carbocycles. The van der Waals surface area contributed by atoms with Gasteiger partial charge >= 0.3 is 0 Å². The van der Waals surface area contributed by atoms with Gasteiger partial charge in [0, 0.05) is 17.5 Å². The molecule has 0 bridgehead atoms. The molecule has 0 aliphatic carbocycles. The standard InChI is InChI=1S/C28H26BrFN6O2/c1-3-4-13-36-23-12-8-6-10-20(23)25-27(36)32-28(35-33-25)34-31-16-18-14-21(29)26(24(15-18)37-2)38-17-19-9-5-7-11-22(19)30/h5-12,14-16H,3-4,13,17H2,1-2H3,(H,32,34,35)/b31-16+. The molecule has 0 fully saturated rings. The zero-order valence-electron chi connectivity index (χ0n) is 21.0.